The molecule has 0 N–H and O–H groups in total. The van der Waals surface area contributed by atoms with Crippen molar-refractivity contribution in [2.45, 2.75) is 32.6 Å². The maximum Gasteiger partial charge on any atom is 0.176 e. The molecular formula is C20H24N8. The Bertz CT molecular complexity index is 968. The van der Waals surface area contributed by atoms with Crippen LogP contribution >= 0.6 is 0 Å². The van der Waals surface area contributed by atoms with Crippen LogP contribution in [0.3, 0.4) is 0 Å². The van der Waals surface area contributed by atoms with Crippen LogP contribution in [0.4, 0.5) is 11.6 Å². The normalized spacial score (nSPS) is 17.2. The molecule has 1 aliphatic heterocycles. The van der Waals surface area contributed by atoms with Gasteiger partial charge in [-0.1, -0.05) is 0 Å². The molecule has 0 atom stereocenters. The van der Waals surface area contributed by atoms with Crippen molar-refractivity contribution in [3.63, 3.8) is 0 Å². The summed E-state index contributed by atoms with van der Waals surface area (Å²) in [6.45, 7) is 7.64. The fourth-order valence-corrected chi connectivity index (χ4v) is 3.70. The van der Waals surface area contributed by atoms with Gasteiger partial charge in [0, 0.05) is 44.0 Å². The van der Waals surface area contributed by atoms with Crippen molar-refractivity contribution in [2.24, 2.45) is 0 Å². The highest BCUT2D eigenvalue weighted by atomic mass is 15.4. The summed E-state index contributed by atoms with van der Waals surface area (Å²) in [5.41, 5.74) is 2.04. The molecule has 0 spiro atoms. The molecule has 144 valence electrons. The zero-order chi connectivity index (χ0) is 19.1. The quantitative estimate of drug-likeness (QED) is 0.691. The van der Waals surface area contributed by atoms with Gasteiger partial charge < -0.3 is 9.80 Å². The SMILES string of the molecule is Cc1cc(C)n(-c2ccc(N3CCN(c4ccnc(C5CC5)n4)CC3)nn2)n1. The Labute approximate surface area is 164 Å². The van der Waals surface area contributed by atoms with Gasteiger partial charge in [0.05, 0.1) is 5.69 Å². The lowest BCUT2D eigenvalue weighted by Gasteiger charge is -2.35. The zero-order valence-electron chi connectivity index (χ0n) is 16.3. The Kier molecular flexibility index (Phi) is 4.18. The van der Waals surface area contributed by atoms with Crippen LogP contribution in [0.1, 0.15) is 36.0 Å². The van der Waals surface area contributed by atoms with Crippen molar-refractivity contribution in [1.82, 2.24) is 29.9 Å². The number of aryl methyl sites for hydroxylation is 2. The van der Waals surface area contributed by atoms with Gasteiger partial charge in [-0.15, -0.1) is 10.2 Å². The summed E-state index contributed by atoms with van der Waals surface area (Å²) in [6, 6.07) is 8.08. The van der Waals surface area contributed by atoms with Crippen LogP contribution in [0.25, 0.3) is 5.82 Å². The third-order valence-corrected chi connectivity index (χ3v) is 5.39. The summed E-state index contributed by atoms with van der Waals surface area (Å²) in [6.07, 6.45) is 4.35. The fourth-order valence-electron chi connectivity index (χ4n) is 3.70. The molecule has 2 fully saturated rings. The predicted molar refractivity (Wildman–Crippen MR) is 107 cm³/mol. The predicted octanol–water partition coefficient (Wildman–Crippen LogP) is 2.27. The van der Waals surface area contributed by atoms with Crippen LogP contribution < -0.4 is 9.80 Å². The van der Waals surface area contributed by atoms with Crippen molar-refractivity contribution in [3.8, 4) is 5.82 Å². The van der Waals surface area contributed by atoms with Gasteiger partial charge >= 0.3 is 0 Å². The van der Waals surface area contributed by atoms with Gasteiger partial charge in [0.25, 0.3) is 0 Å². The minimum atomic E-state index is 0.581. The highest BCUT2D eigenvalue weighted by Gasteiger charge is 2.27. The standard InChI is InChI=1S/C20H24N8/c1-14-13-15(2)28(25-14)19-6-5-18(23-24-19)27-11-9-26(10-12-27)17-7-8-21-20(22-17)16-3-4-16/h5-8,13,16H,3-4,9-12H2,1-2H3. The second kappa shape index (κ2) is 6.85. The monoisotopic (exact) mass is 376 g/mol. The molecule has 28 heavy (non-hydrogen) atoms. The largest absolute Gasteiger partial charge is 0.353 e. The van der Waals surface area contributed by atoms with Gasteiger partial charge in [-0.2, -0.15) is 5.10 Å². The second-order valence-electron chi connectivity index (χ2n) is 7.61. The van der Waals surface area contributed by atoms with Gasteiger partial charge in [-0.05, 0) is 51.0 Å². The molecule has 8 heteroatoms. The van der Waals surface area contributed by atoms with E-state index in [0.717, 1.165) is 60.8 Å². The molecular weight excluding hydrogens is 352 g/mol. The molecule has 3 aromatic rings. The molecule has 8 nitrogen and oxygen atoms in total. The van der Waals surface area contributed by atoms with Crippen LogP contribution in [0.2, 0.25) is 0 Å². The van der Waals surface area contributed by atoms with Crippen molar-refractivity contribution in [3.05, 3.63) is 47.7 Å². The molecule has 1 saturated carbocycles. The first-order valence-electron chi connectivity index (χ1n) is 9.87. The van der Waals surface area contributed by atoms with Crippen LogP contribution in [-0.4, -0.2) is 56.1 Å². The Morgan fingerprint density at radius 2 is 1.54 bits per heavy atom. The molecule has 0 unspecified atom stereocenters. The van der Waals surface area contributed by atoms with E-state index in [-0.39, 0.29) is 0 Å². The average molecular weight is 376 g/mol. The molecule has 0 amide bonds. The number of piperazine rings is 1. The molecule has 0 radical (unpaired) electrons. The molecule has 0 aromatic carbocycles. The number of hydrogen-bond acceptors (Lipinski definition) is 7. The molecule has 4 heterocycles. The van der Waals surface area contributed by atoms with Gasteiger partial charge in [0.2, 0.25) is 0 Å². The summed E-state index contributed by atoms with van der Waals surface area (Å²) < 4.78 is 1.83. The maximum absolute atomic E-state index is 4.77. The highest BCUT2D eigenvalue weighted by Crippen LogP contribution is 2.38. The lowest BCUT2D eigenvalue weighted by atomic mass is 10.3. The Morgan fingerprint density at radius 1 is 0.857 bits per heavy atom. The summed E-state index contributed by atoms with van der Waals surface area (Å²) in [5, 5.41) is 13.3. The summed E-state index contributed by atoms with van der Waals surface area (Å²) in [5.74, 6) is 4.29. The topological polar surface area (TPSA) is 75.9 Å². The minimum Gasteiger partial charge on any atom is -0.353 e. The summed E-state index contributed by atoms with van der Waals surface area (Å²) in [7, 11) is 0. The van der Waals surface area contributed by atoms with E-state index in [4.69, 9.17) is 4.98 Å². The third kappa shape index (κ3) is 3.30. The molecule has 3 aromatic heterocycles. The molecule has 5 rings (SSSR count). The number of nitrogens with zero attached hydrogens (tertiary/aromatic N) is 8. The number of anilines is 2. The van der Waals surface area contributed by atoms with Crippen molar-refractivity contribution >= 4 is 11.6 Å². The van der Waals surface area contributed by atoms with E-state index in [1.165, 1.54) is 12.8 Å². The van der Waals surface area contributed by atoms with Gasteiger partial charge in [0.15, 0.2) is 11.6 Å². The van der Waals surface area contributed by atoms with Crippen LogP contribution in [-0.2, 0) is 0 Å². The first-order chi connectivity index (χ1) is 13.7. The minimum absolute atomic E-state index is 0.581. The lowest BCUT2D eigenvalue weighted by Crippen LogP contribution is -2.47. The van der Waals surface area contributed by atoms with Crippen molar-refractivity contribution in [1.29, 1.82) is 0 Å². The lowest BCUT2D eigenvalue weighted by molar-refractivity contribution is 0.634. The van der Waals surface area contributed by atoms with E-state index < -0.39 is 0 Å². The summed E-state index contributed by atoms with van der Waals surface area (Å²) in [4.78, 5) is 13.8. The first kappa shape index (κ1) is 17.1. The van der Waals surface area contributed by atoms with E-state index in [9.17, 15) is 0 Å². The number of aromatic nitrogens is 6. The fraction of sp³-hybridized carbons (Fsp3) is 0.450. The number of hydrogen-bond donors (Lipinski definition) is 0. The van der Waals surface area contributed by atoms with Crippen LogP contribution in [0, 0.1) is 13.8 Å². The van der Waals surface area contributed by atoms with E-state index in [0.29, 0.717) is 5.92 Å². The number of rotatable bonds is 4. The molecule has 0 bridgehead atoms. The van der Waals surface area contributed by atoms with E-state index >= 15 is 0 Å². The molecule has 2 aliphatic rings. The summed E-state index contributed by atoms with van der Waals surface area (Å²) >= 11 is 0. The van der Waals surface area contributed by atoms with Crippen molar-refractivity contribution < 1.29 is 0 Å². The smallest absolute Gasteiger partial charge is 0.176 e. The third-order valence-electron chi connectivity index (χ3n) is 5.39. The Balaban J connectivity index is 1.25. The van der Waals surface area contributed by atoms with Crippen molar-refractivity contribution in [2.75, 3.05) is 36.0 Å². The van der Waals surface area contributed by atoms with Crippen LogP contribution in [0.5, 0.6) is 0 Å². The van der Waals surface area contributed by atoms with Crippen LogP contribution in [0.15, 0.2) is 30.5 Å². The Hall–Kier alpha value is -3.03. The average Bonchev–Trinajstić information content (AvgIpc) is 3.53. The highest BCUT2D eigenvalue weighted by molar-refractivity contribution is 5.45. The zero-order valence-corrected chi connectivity index (χ0v) is 16.3. The van der Waals surface area contributed by atoms with Gasteiger partial charge in [-0.25, -0.2) is 14.6 Å². The van der Waals surface area contributed by atoms with E-state index in [2.05, 4.69) is 30.1 Å². The maximum atomic E-state index is 4.77. The first-order valence-corrected chi connectivity index (χ1v) is 9.87. The van der Waals surface area contributed by atoms with Gasteiger partial charge in [-0.3, -0.25) is 0 Å². The molecule has 1 saturated heterocycles. The van der Waals surface area contributed by atoms with Gasteiger partial charge in [0.1, 0.15) is 11.6 Å². The van der Waals surface area contributed by atoms with E-state index in [1.54, 1.807) is 0 Å². The second-order valence-corrected chi connectivity index (χ2v) is 7.61. The molecule has 1 aliphatic carbocycles. The Morgan fingerprint density at radius 3 is 2.14 bits per heavy atom. The van der Waals surface area contributed by atoms with E-state index in [1.807, 2.05) is 49.0 Å².